The van der Waals surface area contributed by atoms with Gasteiger partial charge in [-0.25, -0.2) is 0 Å². The third-order valence-electron chi connectivity index (χ3n) is 6.45. The molecule has 2 heterocycles. The molecule has 0 radical (unpaired) electrons. The molecular weight excluding hydrogens is 314 g/mol. The summed E-state index contributed by atoms with van der Waals surface area (Å²) in [6.07, 6.45) is 4.26. The van der Waals surface area contributed by atoms with Crippen molar-refractivity contribution in [2.24, 2.45) is 11.3 Å². The van der Waals surface area contributed by atoms with E-state index in [-0.39, 0.29) is 17.3 Å². The van der Waals surface area contributed by atoms with Crippen LogP contribution < -0.4 is 0 Å². The zero-order valence-electron chi connectivity index (χ0n) is 15.2. The first kappa shape index (κ1) is 16.6. The van der Waals surface area contributed by atoms with Crippen molar-refractivity contribution < 1.29 is 14.3 Å². The predicted molar refractivity (Wildman–Crippen MR) is 95.2 cm³/mol. The van der Waals surface area contributed by atoms with Crippen LogP contribution in [0.25, 0.3) is 0 Å². The molecule has 3 aliphatic rings. The van der Waals surface area contributed by atoms with Crippen molar-refractivity contribution in [2.75, 3.05) is 19.7 Å². The molecule has 2 saturated heterocycles. The summed E-state index contributed by atoms with van der Waals surface area (Å²) in [5.41, 5.74) is 4.11. The van der Waals surface area contributed by atoms with Crippen LogP contribution in [0.5, 0.6) is 0 Å². The van der Waals surface area contributed by atoms with Gasteiger partial charge in [-0.15, -0.1) is 0 Å². The first-order valence-corrected chi connectivity index (χ1v) is 9.47. The number of piperidine rings is 1. The molecule has 4 heteroatoms. The Labute approximate surface area is 149 Å². The minimum absolute atomic E-state index is 0.0194. The SMILES string of the molecule is Cc1ccc(C)c(C2CCN(C(=O)C3CC4(COC(=O)C4)C3)CC2)c1. The minimum Gasteiger partial charge on any atom is -0.465 e. The van der Waals surface area contributed by atoms with E-state index in [0.29, 0.717) is 24.9 Å². The summed E-state index contributed by atoms with van der Waals surface area (Å²) in [7, 11) is 0. The molecule has 1 spiro atoms. The molecule has 1 aliphatic carbocycles. The van der Waals surface area contributed by atoms with Crippen LogP contribution in [0.2, 0.25) is 0 Å². The lowest BCUT2D eigenvalue weighted by molar-refractivity contribution is -0.144. The average molecular weight is 341 g/mol. The Balaban J connectivity index is 1.32. The molecular formula is C21H27NO3. The number of benzene rings is 1. The summed E-state index contributed by atoms with van der Waals surface area (Å²) in [4.78, 5) is 26.2. The van der Waals surface area contributed by atoms with Gasteiger partial charge in [-0.05, 0) is 56.6 Å². The first-order chi connectivity index (χ1) is 12.0. The molecule has 0 N–H and O–H groups in total. The van der Waals surface area contributed by atoms with Gasteiger partial charge in [0.15, 0.2) is 0 Å². The highest BCUT2D eigenvalue weighted by Crippen LogP contribution is 2.52. The molecule has 2 aliphatic heterocycles. The number of cyclic esters (lactones) is 1. The fourth-order valence-electron chi connectivity index (χ4n) is 4.93. The van der Waals surface area contributed by atoms with Crippen LogP contribution in [0.1, 0.15) is 54.7 Å². The second-order valence-electron chi connectivity index (χ2n) is 8.40. The highest BCUT2D eigenvalue weighted by molar-refractivity contribution is 5.81. The number of ether oxygens (including phenoxy) is 1. The van der Waals surface area contributed by atoms with E-state index in [0.717, 1.165) is 38.8 Å². The molecule has 0 atom stereocenters. The summed E-state index contributed by atoms with van der Waals surface area (Å²) in [5, 5.41) is 0. The number of hydrogen-bond acceptors (Lipinski definition) is 3. The fourth-order valence-corrected chi connectivity index (χ4v) is 4.93. The average Bonchev–Trinajstić information content (AvgIpc) is 2.97. The second kappa shape index (κ2) is 6.15. The number of nitrogens with zero attached hydrogens (tertiary/aromatic N) is 1. The molecule has 0 unspecified atom stereocenters. The van der Waals surface area contributed by atoms with Gasteiger partial charge in [0.25, 0.3) is 0 Å². The van der Waals surface area contributed by atoms with Crippen LogP contribution in [0, 0.1) is 25.2 Å². The largest absolute Gasteiger partial charge is 0.465 e. The number of amides is 1. The molecule has 3 fully saturated rings. The Bertz CT molecular complexity index is 697. The van der Waals surface area contributed by atoms with E-state index in [4.69, 9.17) is 4.74 Å². The molecule has 4 nitrogen and oxygen atoms in total. The van der Waals surface area contributed by atoms with Gasteiger partial charge in [0.2, 0.25) is 5.91 Å². The third-order valence-corrected chi connectivity index (χ3v) is 6.45. The molecule has 1 aromatic carbocycles. The van der Waals surface area contributed by atoms with E-state index < -0.39 is 0 Å². The predicted octanol–water partition coefficient (Wildman–Crippen LogP) is 3.35. The maximum Gasteiger partial charge on any atom is 0.306 e. The van der Waals surface area contributed by atoms with Crippen molar-refractivity contribution in [3.05, 3.63) is 34.9 Å². The standard InChI is InChI=1S/C21H27NO3/c1-14-3-4-15(2)18(9-14)16-5-7-22(8-6-16)20(24)17-10-21(11-17)12-19(23)25-13-21/h3-4,9,16-17H,5-8,10-13H2,1-2H3. The molecule has 1 saturated carbocycles. The van der Waals surface area contributed by atoms with Crippen molar-refractivity contribution >= 4 is 11.9 Å². The highest BCUT2D eigenvalue weighted by Gasteiger charge is 2.53. The minimum atomic E-state index is -0.0970. The van der Waals surface area contributed by atoms with Gasteiger partial charge in [-0.1, -0.05) is 23.8 Å². The Morgan fingerprint density at radius 1 is 1.20 bits per heavy atom. The topological polar surface area (TPSA) is 46.6 Å². The van der Waals surface area contributed by atoms with Crippen molar-refractivity contribution in [1.82, 2.24) is 4.90 Å². The van der Waals surface area contributed by atoms with Gasteiger partial charge >= 0.3 is 5.97 Å². The van der Waals surface area contributed by atoms with Gasteiger partial charge < -0.3 is 9.64 Å². The van der Waals surface area contributed by atoms with Crippen LogP contribution in [0.15, 0.2) is 18.2 Å². The van der Waals surface area contributed by atoms with E-state index >= 15 is 0 Å². The van der Waals surface area contributed by atoms with Gasteiger partial charge in [-0.2, -0.15) is 0 Å². The van der Waals surface area contributed by atoms with Crippen molar-refractivity contribution in [3.8, 4) is 0 Å². The molecule has 1 amide bonds. The summed E-state index contributed by atoms with van der Waals surface area (Å²) in [6.45, 7) is 6.56. The molecule has 0 aromatic heterocycles. The number of rotatable bonds is 2. The molecule has 1 aromatic rings. The Kier molecular flexibility index (Phi) is 4.09. The number of carbonyl (C=O) groups is 2. The Morgan fingerprint density at radius 2 is 1.92 bits per heavy atom. The van der Waals surface area contributed by atoms with E-state index in [1.165, 1.54) is 16.7 Å². The normalized spacial score (nSPS) is 29.6. The van der Waals surface area contributed by atoms with E-state index in [1.54, 1.807) is 0 Å². The van der Waals surface area contributed by atoms with Crippen molar-refractivity contribution in [2.45, 2.75) is 51.9 Å². The van der Waals surface area contributed by atoms with Gasteiger partial charge in [0.05, 0.1) is 13.0 Å². The van der Waals surface area contributed by atoms with E-state index in [9.17, 15) is 9.59 Å². The van der Waals surface area contributed by atoms with Crippen LogP contribution >= 0.6 is 0 Å². The molecule has 134 valence electrons. The number of likely N-dealkylation sites (tertiary alicyclic amines) is 1. The van der Waals surface area contributed by atoms with Crippen molar-refractivity contribution in [1.29, 1.82) is 0 Å². The van der Waals surface area contributed by atoms with Crippen LogP contribution in [0.4, 0.5) is 0 Å². The maximum atomic E-state index is 12.8. The zero-order valence-corrected chi connectivity index (χ0v) is 15.2. The van der Waals surface area contributed by atoms with Crippen LogP contribution in [-0.4, -0.2) is 36.5 Å². The maximum absolute atomic E-state index is 12.8. The van der Waals surface area contributed by atoms with Crippen LogP contribution in [0.3, 0.4) is 0 Å². The van der Waals surface area contributed by atoms with Crippen LogP contribution in [-0.2, 0) is 14.3 Å². The highest BCUT2D eigenvalue weighted by atomic mass is 16.5. The van der Waals surface area contributed by atoms with E-state index in [2.05, 4.69) is 36.9 Å². The van der Waals surface area contributed by atoms with E-state index in [1.807, 2.05) is 0 Å². The Hall–Kier alpha value is -1.84. The quantitative estimate of drug-likeness (QED) is 0.775. The zero-order chi connectivity index (χ0) is 17.6. The third kappa shape index (κ3) is 3.07. The molecule has 25 heavy (non-hydrogen) atoms. The number of carbonyl (C=O) groups excluding carboxylic acids is 2. The van der Waals surface area contributed by atoms with Gasteiger partial charge in [0, 0.05) is 24.4 Å². The lowest BCUT2D eigenvalue weighted by Gasteiger charge is -2.45. The Morgan fingerprint density at radius 3 is 2.56 bits per heavy atom. The fraction of sp³-hybridized carbons (Fsp3) is 0.619. The summed E-state index contributed by atoms with van der Waals surface area (Å²) in [6, 6.07) is 6.69. The second-order valence-corrected chi connectivity index (χ2v) is 8.40. The number of aryl methyl sites for hydroxylation is 2. The number of esters is 1. The van der Waals surface area contributed by atoms with Gasteiger partial charge in [-0.3, -0.25) is 9.59 Å². The summed E-state index contributed by atoms with van der Waals surface area (Å²) >= 11 is 0. The smallest absolute Gasteiger partial charge is 0.306 e. The summed E-state index contributed by atoms with van der Waals surface area (Å²) in [5.74, 6) is 0.869. The monoisotopic (exact) mass is 341 g/mol. The molecule has 0 bridgehead atoms. The van der Waals surface area contributed by atoms with Crippen molar-refractivity contribution in [3.63, 3.8) is 0 Å². The lowest BCUT2D eigenvalue weighted by atomic mass is 9.61. The van der Waals surface area contributed by atoms with Gasteiger partial charge in [0.1, 0.15) is 0 Å². The molecule has 4 rings (SSSR count). The number of hydrogen-bond donors (Lipinski definition) is 0. The lowest BCUT2D eigenvalue weighted by Crippen LogP contribution is -2.49. The first-order valence-electron chi connectivity index (χ1n) is 9.47. The summed E-state index contributed by atoms with van der Waals surface area (Å²) < 4.78 is 5.10.